The van der Waals surface area contributed by atoms with E-state index in [0.717, 1.165) is 72.9 Å². The van der Waals surface area contributed by atoms with E-state index in [2.05, 4.69) is 311 Å². The van der Waals surface area contributed by atoms with Gasteiger partial charge in [0.2, 0.25) is 0 Å². The molecule has 1 aliphatic rings. The van der Waals surface area contributed by atoms with Crippen molar-refractivity contribution >= 4 is 55.6 Å². The molecule has 0 aliphatic carbocycles. The van der Waals surface area contributed by atoms with Crippen LogP contribution in [0.5, 0.6) is 11.5 Å². The maximum atomic E-state index is 7.06. The molecule has 0 fully saturated rings. The minimum atomic E-state index is -0.0714. The molecule has 8 aromatic carbocycles. The van der Waals surface area contributed by atoms with Gasteiger partial charge in [0.05, 0.1) is 39.1 Å². The Hall–Kier alpha value is -8.35. The minimum Gasteiger partial charge on any atom is -0.457 e. The molecule has 1 aliphatic heterocycles. The maximum absolute atomic E-state index is 7.06. The molecule has 0 unspecified atom stereocenters. The van der Waals surface area contributed by atoms with Crippen molar-refractivity contribution in [1.82, 2.24) is 14.1 Å². The Labute approximate surface area is 486 Å². The second kappa shape index (κ2) is 19.7. The van der Waals surface area contributed by atoms with Crippen LogP contribution in [0, 0.1) is 0 Å². The lowest BCUT2D eigenvalue weighted by Gasteiger charge is -2.31. The second-order valence-electron chi connectivity index (χ2n) is 27.9. The van der Waals surface area contributed by atoms with Gasteiger partial charge in [-0.3, -0.25) is 4.57 Å². The number of hydrogen-bond donors (Lipinski definition) is 0. The van der Waals surface area contributed by atoms with E-state index in [0.29, 0.717) is 6.67 Å². The summed E-state index contributed by atoms with van der Waals surface area (Å²) in [6, 6.07) is 69.5. The van der Waals surface area contributed by atoms with Gasteiger partial charge in [-0.25, -0.2) is 4.98 Å². The van der Waals surface area contributed by atoms with Gasteiger partial charge in [-0.1, -0.05) is 213 Å². The number of rotatable bonds is 8. The largest absolute Gasteiger partial charge is 0.457 e. The number of nitrogens with zero attached hydrogens (tertiary/aromatic N) is 5. The van der Waals surface area contributed by atoms with E-state index >= 15 is 0 Å². The quantitative estimate of drug-likeness (QED) is 0.152. The van der Waals surface area contributed by atoms with Gasteiger partial charge in [0.15, 0.2) is 0 Å². The van der Waals surface area contributed by atoms with Crippen LogP contribution in [0.1, 0.15) is 132 Å². The molecule has 0 N–H and O–H groups in total. The lowest BCUT2D eigenvalue weighted by molar-refractivity contribution is 0.483. The molecule has 3 aromatic heterocycles. The highest BCUT2D eigenvalue weighted by atomic mass is 16.5. The third-order valence-electron chi connectivity index (χ3n) is 16.8. The predicted molar refractivity (Wildman–Crippen MR) is 348 cm³/mol. The molecule has 0 radical (unpaired) electrons. The number of benzene rings is 8. The first-order valence-corrected chi connectivity index (χ1v) is 29.3. The van der Waals surface area contributed by atoms with Crippen LogP contribution in [-0.4, -0.2) is 20.8 Å². The molecule has 0 saturated heterocycles. The fraction of sp³-hybridized carbons (Fsp3) is 0.276. The van der Waals surface area contributed by atoms with Crippen LogP contribution in [-0.2, 0) is 27.1 Å². The van der Waals surface area contributed by atoms with Crippen LogP contribution in [0.4, 0.5) is 22.7 Å². The molecule has 6 heteroatoms. The third-order valence-corrected chi connectivity index (χ3v) is 16.8. The summed E-state index contributed by atoms with van der Waals surface area (Å²) in [4.78, 5) is 10.1. The number of ether oxygens (including phenoxy) is 1. The Morgan fingerprint density at radius 1 is 0.366 bits per heavy atom. The van der Waals surface area contributed by atoms with E-state index < -0.39 is 0 Å². The zero-order chi connectivity index (χ0) is 57.8. The Morgan fingerprint density at radius 3 is 1.44 bits per heavy atom. The van der Waals surface area contributed by atoms with Gasteiger partial charge in [-0.15, -0.1) is 0 Å². The molecule has 0 bridgehead atoms. The maximum Gasteiger partial charge on any atom is 0.137 e. The van der Waals surface area contributed by atoms with Crippen molar-refractivity contribution in [3.63, 3.8) is 0 Å². The zero-order valence-corrected chi connectivity index (χ0v) is 50.8. The smallest absolute Gasteiger partial charge is 0.137 e. The fourth-order valence-corrected chi connectivity index (χ4v) is 11.9. The lowest BCUT2D eigenvalue weighted by atomic mass is 9.77. The molecular weight excluding hydrogens is 999 g/mol. The SMILES string of the molecule is CC(C)(C)c1cc(-c2cccc(-c3cc(C(C)(C)C)cc(C(C)(C)C)c3)c2N2CN(c3cccc(Oc4ccc5c(c4)n(-c4cc(C(C)(C)C)ccn4)c4c6ccccc6n(-c6ccccc6)c54)c3)c3ccccc32)cc(C(C)(C)C)c1. The summed E-state index contributed by atoms with van der Waals surface area (Å²) in [6.45, 7) is 35.4. The Kier molecular flexibility index (Phi) is 13.0. The van der Waals surface area contributed by atoms with Crippen LogP contribution in [0.15, 0.2) is 194 Å². The first-order valence-electron chi connectivity index (χ1n) is 29.3. The van der Waals surface area contributed by atoms with E-state index in [1.165, 1.54) is 55.8 Å². The monoisotopic (exact) mass is 1080 g/mol. The van der Waals surface area contributed by atoms with Gasteiger partial charge in [0.25, 0.3) is 0 Å². The molecule has 0 spiro atoms. The molecular formula is C76H79N5O. The number of anilines is 4. The zero-order valence-electron chi connectivity index (χ0n) is 50.8. The van der Waals surface area contributed by atoms with Crippen molar-refractivity contribution < 1.29 is 4.74 Å². The van der Waals surface area contributed by atoms with E-state index in [9.17, 15) is 0 Å². The van der Waals surface area contributed by atoms with Gasteiger partial charge < -0.3 is 19.1 Å². The van der Waals surface area contributed by atoms with Gasteiger partial charge in [0, 0.05) is 51.6 Å². The molecule has 11 aromatic rings. The normalized spacial score (nSPS) is 13.5. The number of fused-ring (bicyclic) bond motifs is 6. The number of aromatic nitrogens is 3. The summed E-state index contributed by atoms with van der Waals surface area (Å²) in [5.41, 5.74) is 21.2. The third kappa shape index (κ3) is 9.84. The number of hydrogen-bond acceptors (Lipinski definition) is 4. The molecule has 82 heavy (non-hydrogen) atoms. The molecule has 4 heterocycles. The predicted octanol–water partition coefficient (Wildman–Crippen LogP) is 21.0. The Morgan fingerprint density at radius 2 is 0.854 bits per heavy atom. The number of para-hydroxylation sites is 5. The number of pyridine rings is 1. The van der Waals surface area contributed by atoms with E-state index in [1.807, 2.05) is 6.20 Å². The van der Waals surface area contributed by atoms with Crippen LogP contribution >= 0.6 is 0 Å². The van der Waals surface area contributed by atoms with Gasteiger partial charge in [-0.05, 0) is 133 Å². The molecule has 414 valence electrons. The van der Waals surface area contributed by atoms with Crippen molar-refractivity contribution in [1.29, 1.82) is 0 Å². The fourth-order valence-electron chi connectivity index (χ4n) is 11.9. The van der Waals surface area contributed by atoms with Crippen molar-refractivity contribution in [2.75, 3.05) is 16.5 Å². The van der Waals surface area contributed by atoms with Crippen molar-refractivity contribution in [2.45, 2.75) is 131 Å². The molecule has 0 saturated carbocycles. The first kappa shape index (κ1) is 54.2. The van der Waals surface area contributed by atoms with E-state index in [4.69, 9.17) is 9.72 Å². The van der Waals surface area contributed by atoms with Gasteiger partial charge >= 0.3 is 0 Å². The summed E-state index contributed by atoms with van der Waals surface area (Å²) < 4.78 is 11.8. The Balaban J connectivity index is 0.998. The minimum absolute atomic E-state index is 0.0538. The van der Waals surface area contributed by atoms with Gasteiger partial charge in [0.1, 0.15) is 24.0 Å². The van der Waals surface area contributed by atoms with Gasteiger partial charge in [-0.2, -0.15) is 0 Å². The Bertz CT molecular complexity index is 4090. The van der Waals surface area contributed by atoms with Crippen LogP contribution in [0.2, 0.25) is 0 Å². The standard InChI is InChI=1S/C76H79N5O/c1-72(2,3)51-37-38-77-68(45-51)81-67-47-59(35-36-63(67)70-71(81)62-29-19-20-32-64(62)80(70)56-25-17-16-18-26-56)82-58-28-23-27-57(46-58)78-48-79(66-34-22-21-33-65(66)78)69-60(49-39-52(73(4,5)6)43-53(40-49)74(7,8)9)30-24-31-61(69)50-41-54(75(10,11)12)44-55(42-50)76(13,14)15/h16-47H,48H2,1-15H3. The summed E-state index contributed by atoms with van der Waals surface area (Å²) in [7, 11) is 0. The van der Waals surface area contributed by atoms with E-state index in [1.54, 1.807) is 0 Å². The second-order valence-corrected chi connectivity index (χ2v) is 27.9. The molecule has 6 nitrogen and oxygen atoms in total. The summed E-state index contributed by atoms with van der Waals surface area (Å²) in [5, 5.41) is 2.28. The van der Waals surface area contributed by atoms with Crippen LogP contribution in [0.3, 0.4) is 0 Å². The highest BCUT2D eigenvalue weighted by Gasteiger charge is 2.34. The van der Waals surface area contributed by atoms with E-state index in [-0.39, 0.29) is 27.1 Å². The summed E-state index contributed by atoms with van der Waals surface area (Å²) >= 11 is 0. The summed E-state index contributed by atoms with van der Waals surface area (Å²) in [5.74, 6) is 2.37. The molecule has 12 rings (SSSR count). The highest BCUT2D eigenvalue weighted by molar-refractivity contribution is 6.20. The molecule has 0 amide bonds. The van der Waals surface area contributed by atoms with Crippen LogP contribution in [0.25, 0.3) is 66.6 Å². The van der Waals surface area contributed by atoms with Crippen molar-refractivity contribution in [2.24, 2.45) is 0 Å². The topological polar surface area (TPSA) is 38.5 Å². The summed E-state index contributed by atoms with van der Waals surface area (Å²) in [6.07, 6.45) is 1.95. The molecule has 0 atom stereocenters. The average molecular weight is 1080 g/mol. The average Bonchev–Trinajstić information content (AvgIpc) is 1.84. The van der Waals surface area contributed by atoms with Crippen molar-refractivity contribution in [3.8, 4) is 45.3 Å². The van der Waals surface area contributed by atoms with Crippen molar-refractivity contribution in [3.05, 3.63) is 222 Å². The highest BCUT2D eigenvalue weighted by Crippen LogP contribution is 2.52. The first-order chi connectivity index (χ1) is 38.8. The lowest BCUT2D eigenvalue weighted by Crippen LogP contribution is -2.25. The van der Waals surface area contributed by atoms with Crippen LogP contribution < -0.4 is 14.5 Å².